The standard InChI is InChI=1S/C15H32N2/c1-5-17(12-15(3,4)11-16)13(2)14-9-7-6-8-10-14/h13-14H,5-12,16H2,1-4H3. The highest BCUT2D eigenvalue weighted by Crippen LogP contribution is 2.30. The molecule has 1 fully saturated rings. The van der Waals surface area contributed by atoms with Gasteiger partial charge in [0.1, 0.15) is 0 Å². The van der Waals surface area contributed by atoms with Crippen LogP contribution in [0.15, 0.2) is 0 Å². The average molecular weight is 240 g/mol. The molecule has 0 aromatic rings. The van der Waals surface area contributed by atoms with E-state index in [1.165, 1.54) is 32.1 Å². The lowest BCUT2D eigenvalue weighted by Gasteiger charge is -2.40. The highest BCUT2D eigenvalue weighted by molar-refractivity contribution is 4.82. The van der Waals surface area contributed by atoms with Gasteiger partial charge in [-0.15, -0.1) is 0 Å². The highest BCUT2D eigenvalue weighted by atomic mass is 15.2. The van der Waals surface area contributed by atoms with Gasteiger partial charge in [0.15, 0.2) is 0 Å². The minimum absolute atomic E-state index is 0.249. The average Bonchev–Trinajstić information content (AvgIpc) is 2.36. The highest BCUT2D eigenvalue weighted by Gasteiger charge is 2.28. The summed E-state index contributed by atoms with van der Waals surface area (Å²) >= 11 is 0. The molecule has 1 aliphatic carbocycles. The SMILES string of the molecule is CCN(CC(C)(C)CN)C(C)C1CCCCC1. The van der Waals surface area contributed by atoms with Crippen LogP contribution in [-0.2, 0) is 0 Å². The van der Waals surface area contributed by atoms with E-state index in [2.05, 4.69) is 32.6 Å². The number of hydrogen-bond donors (Lipinski definition) is 1. The van der Waals surface area contributed by atoms with E-state index >= 15 is 0 Å². The number of nitrogens with two attached hydrogens (primary N) is 1. The third-order valence-corrected chi connectivity index (χ3v) is 4.50. The second-order valence-electron chi connectivity index (χ2n) is 6.57. The molecule has 0 aromatic carbocycles. The molecule has 2 heteroatoms. The van der Waals surface area contributed by atoms with Crippen molar-refractivity contribution >= 4 is 0 Å². The predicted octanol–water partition coefficient (Wildman–Crippen LogP) is 3.26. The van der Waals surface area contributed by atoms with Gasteiger partial charge in [-0.1, -0.05) is 40.0 Å². The second-order valence-corrected chi connectivity index (χ2v) is 6.57. The Morgan fingerprint density at radius 3 is 2.29 bits per heavy atom. The third kappa shape index (κ3) is 4.59. The summed E-state index contributed by atoms with van der Waals surface area (Å²) in [5.41, 5.74) is 6.11. The van der Waals surface area contributed by atoms with Crippen molar-refractivity contribution in [3.63, 3.8) is 0 Å². The van der Waals surface area contributed by atoms with Crippen LogP contribution in [0.5, 0.6) is 0 Å². The summed E-state index contributed by atoms with van der Waals surface area (Å²) < 4.78 is 0. The van der Waals surface area contributed by atoms with Crippen LogP contribution in [0.1, 0.15) is 59.8 Å². The van der Waals surface area contributed by atoms with E-state index < -0.39 is 0 Å². The predicted molar refractivity (Wildman–Crippen MR) is 76.1 cm³/mol. The Kier molecular flexibility index (Phi) is 5.94. The molecule has 1 aliphatic rings. The van der Waals surface area contributed by atoms with Crippen molar-refractivity contribution in [2.45, 2.75) is 65.8 Å². The lowest BCUT2D eigenvalue weighted by molar-refractivity contribution is 0.0949. The van der Waals surface area contributed by atoms with Gasteiger partial charge < -0.3 is 10.6 Å². The van der Waals surface area contributed by atoms with Crippen molar-refractivity contribution in [3.05, 3.63) is 0 Å². The molecule has 2 nitrogen and oxygen atoms in total. The van der Waals surface area contributed by atoms with Crippen LogP contribution in [0, 0.1) is 11.3 Å². The van der Waals surface area contributed by atoms with Crippen molar-refractivity contribution in [2.75, 3.05) is 19.6 Å². The van der Waals surface area contributed by atoms with Gasteiger partial charge in [0, 0.05) is 12.6 Å². The summed E-state index contributed by atoms with van der Waals surface area (Å²) in [5, 5.41) is 0. The Morgan fingerprint density at radius 1 is 1.24 bits per heavy atom. The van der Waals surface area contributed by atoms with Crippen LogP contribution in [0.4, 0.5) is 0 Å². The van der Waals surface area contributed by atoms with Gasteiger partial charge in [0.25, 0.3) is 0 Å². The minimum Gasteiger partial charge on any atom is -0.330 e. The third-order valence-electron chi connectivity index (χ3n) is 4.50. The monoisotopic (exact) mass is 240 g/mol. The second kappa shape index (κ2) is 6.75. The molecule has 2 N–H and O–H groups in total. The van der Waals surface area contributed by atoms with Crippen molar-refractivity contribution in [1.29, 1.82) is 0 Å². The first-order valence-electron chi connectivity index (χ1n) is 7.44. The van der Waals surface area contributed by atoms with Gasteiger partial charge in [0.05, 0.1) is 0 Å². The Bertz CT molecular complexity index is 207. The van der Waals surface area contributed by atoms with Crippen LogP contribution >= 0.6 is 0 Å². The zero-order valence-electron chi connectivity index (χ0n) is 12.3. The van der Waals surface area contributed by atoms with E-state index in [-0.39, 0.29) is 5.41 Å². The molecule has 102 valence electrons. The molecule has 0 heterocycles. The molecule has 1 saturated carbocycles. The van der Waals surface area contributed by atoms with E-state index in [1.54, 1.807) is 0 Å². The summed E-state index contributed by atoms with van der Waals surface area (Å²) in [6.45, 7) is 12.3. The number of rotatable bonds is 6. The van der Waals surface area contributed by atoms with E-state index in [4.69, 9.17) is 5.73 Å². The van der Waals surface area contributed by atoms with Crippen molar-refractivity contribution in [3.8, 4) is 0 Å². The van der Waals surface area contributed by atoms with Gasteiger partial charge in [-0.3, -0.25) is 0 Å². The maximum Gasteiger partial charge on any atom is 0.00953 e. The first kappa shape index (κ1) is 15.0. The Morgan fingerprint density at radius 2 is 1.82 bits per heavy atom. The summed E-state index contributed by atoms with van der Waals surface area (Å²) in [4.78, 5) is 2.64. The molecule has 17 heavy (non-hydrogen) atoms. The van der Waals surface area contributed by atoms with Gasteiger partial charge in [0.2, 0.25) is 0 Å². The summed E-state index contributed by atoms with van der Waals surface area (Å²) in [5.74, 6) is 0.914. The minimum atomic E-state index is 0.249. The first-order valence-corrected chi connectivity index (χ1v) is 7.44. The van der Waals surface area contributed by atoms with Crippen LogP contribution in [0.25, 0.3) is 0 Å². The van der Waals surface area contributed by atoms with Crippen LogP contribution in [0.2, 0.25) is 0 Å². The fraction of sp³-hybridized carbons (Fsp3) is 1.00. The largest absolute Gasteiger partial charge is 0.330 e. The quantitative estimate of drug-likeness (QED) is 0.772. The number of nitrogens with zero attached hydrogens (tertiary/aromatic N) is 1. The molecule has 1 unspecified atom stereocenters. The van der Waals surface area contributed by atoms with E-state index in [9.17, 15) is 0 Å². The molecule has 0 spiro atoms. The van der Waals surface area contributed by atoms with Crippen LogP contribution in [0.3, 0.4) is 0 Å². The Labute approximate surface area is 108 Å². The maximum atomic E-state index is 5.86. The van der Waals surface area contributed by atoms with Gasteiger partial charge in [-0.25, -0.2) is 0 Å². The fourth-order valence-electron chi connectivity index (χ4n) is 3.07. The molecule has 1 rings (SSSR count). The molecule has 0 bridgehead atoms. The topological polar surface area (TPSA) is 29.3 Å². The molecular formula is C15H32N2. The zero-order chi connectivity index (χ0) is 12.9. The maximum absolute atomic E-state index is 5.86. The fourth-order valence-corrected chi connectivity index (χ4v) is 3.07. The molecule has 0 aliphatic heterocycles. The van der Waals surface area contributed by atoms with Crippen molar-refractivity contribution in [1.82, 2.24) is 4.90 Å². The van der Waals surface area contributed by atoms with E-state index in [0.29, 0.717) is 0 Å². The lowest BCUT2D eigenvalue weighted by atomic mass is 9.83. The molecule has 0 saturated heterocycles. The van der Waals surface area contributed by atoms with Gasteiger partial charge in [-0.2, -0.15) is 0 Å². The van der Waals surface area contributed by atoms with Crippen LogP contribution in [-0.4, -0.2) is 30.6 Å². The van der Waals surface area contributed by atoms with Crippen LogP contribution < -0.4 is 5.73 Å². The normalized spacial score (nSPS) is 20.8. The zero-order valence-corrected chi connectivity index (χ0v) is 12.3. The Hall–Kier alpha value is -0.0800. The van der Waals surface area contributed by atoms with E-state index in [1.807, 2.05) is 0 Å². The lowest BCUT2D eigenvalue weighted by Crippen LogP contribution is -2.46. The number of hydrogen-bond acceptors (Lipinski definition) is 2. The molecular weight excluding hydrogens is 208 g/mol. The molecule has 0 radical (unpaired) electrons. The molecule has 1 atom stereocenters. The van der Waals surface area contributed by atoms with Crippen molar-refractivity contribution < 1.29 is 0 Å². The summed E-state index contributed by atoms with van der Waals surface area (Å²) in [7, 11) is 0. The van der Waals surface area contributed by atoms with Gasteiger partial charge >= 0.3 is 0 Å². The van der Waals surface area contributed by atoms with Crippen molar-refractivity contribution in [2.24, 2.45) is 17.1 Å². The summed E-state index contributed by atoms with van der Waals surface area (Å²) in [6.07, 6.45) is 7.19. The molecule has 0 aromatic heterocycles. The molecule has 0 amide bonds. The first-order chi connectivity index (χ1) is 8.00. The Balaban J connectivity index is 2.53. The van der Waals surface area contributed by atoms with Gasteiger partial charge in [-0.05, 0) is 44.2 Å². The van der Waals surface area contributed by atoms with E-state index in [0.717, 1.165) is 31.6 Å². The smallest absolute Gasteiger partial charge is 0.00953 e. The summed E-state index contributed by atoms with van der Waals surface area (Å²) in [6, 6.07) is 0.728.